The minimum absolute atomic E-state index is 0.0483. The quantitative estimate of drug-likeness (QED) is 0.725. The van der Waals surface area contributed by atoms with Gasteiger partial charge in [-0.15, -0.1) is 0 Å². The van der Waals surface area contributed by atoms with E-state index in [4.69, 9.17) is 0 Å². The van der Waals surface area contributed by atoms with Crippen molar-refractivity contribution in [1.82, 2.24) is 0 Å². The van der Waals surface area contributed by atoms with Crippen LogP contribution >= 0.6 is 0 Å². The minimum atomic E-state index is -3.48. The molecule has 0 aliphatic carbocycles. The van der Waals surface area contributed by atoms with E-state index in [9.17, 15) is 8.42 Å². The fourth-order valence-corrected chi connectivity index (χ4v) is 3.93. The van der Waals surface area contributed by atoms with Gasteiger partial charge in [0.05, 0.1) is 9.79 Å². The van der Waals surface area contributed by atoms with E-state index < -0.39 is 9.84 Å². The largest absolute Gasteiger partial charge is 0.219 e. The van der Waals surface area contributed by atoms with Crippen molar-refractivity contribution in [1.29, 1.82) is 0 Å². The van der Waals surface area contributed by atoms with Gasteiger partial charge in [-0.1, -0.05) is 76.6 Å². The van der Waals surface area contributed by atoms with Crippen molar-refractivity contribution in [2.24, 2.45) is 0 Å². The van der Waals surface area contributed by atoms with Gasteiger partial charge in [0.2, 0.25) is 9.84 Å². The first-order valence-electron chi connectivity index (χ1n) is 8.77. The second-order valence-corrected chi connectivity index (χ2v) is 10.3. The molecule has 0 saturated heterocycles. The van der Waals surface area contributed by atoms with Crippen LogP contribution in [0.15, 0.2) is 58.3 Å². The Morgan fingerprint density at radius 1 is 0.800 bits per heavy atom. The summed E-state index contributed by atoms with van der Waals surface area (Å²) in [4.78, 5) is 0.678. The molecule has 0 fully saturated rings. The van der Waals surface area contributed by atoms with Crippen LogP contribution in [0.1, 0.15) is 53.5 Å². The molecule has 0 spiro atoms. The molecule has 25 heavy (non-hydrogen) atoms. The van der Waals surface area contributed by atoms with Crippen LogP contribution in [0.5, 0.6) is 0 Å². The lowest BCUT2D eigenvalue weighted by Gasteiger charge is -2.23. The summed E-state index contributed by atoms with van der Waals surface area (Å²) in [6, 6.07) is 14.4. The zero-order valence-corrected chi connectivity index (χ0v) is 16.9. The Kier molecular flexibility index (Phi) is 5.53. The normalized spacial score (nSPS) is 12.9. The predicted octanol–water partition coefficient (Wildman–Crippen LogP) is 4.75. The summed E-state index contributed by atoms with van der Waals surface area (Å²) in [6.45, 7) is 12.8. The van der Waals surface area contributed by atoms with Gasteiger partial charge < -0.3 is 0 Å². The fourth-order valence-electron chi connectivity index (χ4n) is 2.67. The van der Waals surface area contributed by atoms with Gasteiger partial charge in [0, 0.05) is 0 Å². The molecule has 0 bridgehead atoms. The van der Waals surface area contributed by atoms with Crippen LogP contribution in [0.4, 0.5) is 0 Å². The molecule has 1 radical (unpaired) electrons. The molecule has 2 rings (SSSR count). The first-order valence-corrected chi connectivity index (χ1v) is 10.3. The SMILES string of the molecule is CCC(C)(C)c1ccc(S(=O)(=O)c2ccc([B]C(C)(C)C)cc2)cc1. The van der Waals surface area contributed by atoms with E-state index in [0.717, 1.165) is 17.4 Å². The minimum Gasteiger partial charge on any atom is -0.219 e. The number of rotatable bonds is 5. The molecular formula is C21H28BO2S. The summed E-state index contributed by atoms with van der Waals surface area (Å²) >= 11 is 0. The highest BCUT2D eigenvalue weighted by molar-refractivity contribution is 7.91. The Hall–Kier alpha value is -1.55. The van der Waals surface area contributed by atoms with Crippen molar-refractivity contribution in [2.45, 2.75) is 68.5 Å². The maximum absolute atomic E-state index is 12.9. The summed E-state index contributed by atoms with van der Waals surface area (Å²) in [5, 5.41) is 0.0578. The fraction of sp³-hybridized carbons (Fsp3) is 0.429. The van der Waals surface area contributed by atoms with Crippen LogP contribution in [0.3, 0.4) is 0 Å². The molecule has 133 valence electrons. The number of benzene rings is 2. The molecule has 0 atom stereocenters. The Balaban J connectivity index is 2.29. The first kappa shape index (κ1) is 19.8. The van der Waals surface area contributed by atoms with Gasteiger partial charge in [-0.3, -0.25) is 0 Å². The average Bonchev–Trinajstić information content (AvgIpc) is 2.54. The molecule has 0 aliphatic heterocycles. The zero-order chi connectivity index (χ0) is 18.9. The van der Waals surface area contributed by atoms with Crippen LogP contribution < -0.4 is 5.46 Å². The van der Waals surface area contributed by atoms with Crippen molar-refractivity contribution in [3.05, 3.63) is 54.1 Å². The second-order valence-electron chi connectivity index (χ2n) is 8.34. The third-order valence-corrected chi connectivity index (χ3v) is 6.41. The van der Waals surface area contributed by atoms with Crippen LogP contribution in [-0.2, 0) is 15.3 Å². The standard InChI is InChI=1S/C21H28BO2S/c1-7-21(5,6)16-8-12-18(13-9-16)25(23,24)19-14-10-17(11-15-19)22-20(2,3)4/h8-15H,7H2,1-6H3. The predicted molar refractivity (Wildman–Crippen MR) is 107 cm³/mol. The summed E-state index contributed by atoms with van der Waals surface area (Å²) in [5.74, 6) is 0. The molecule has 2 aromatic carbocycles. The van der Waals surface area contributed by atoms with Gasteiger partial charge in [-0.25, -0.2) is 8.42 Å². The topological polar surface area (TPSA) is 34.1 Å². The number of hydrogen-bond donors (Lipinski definition) is 0. The third-order valence-electron chi connectivity index (χ3n) is 4.62. The molecule has 0 saturated carbocycles. The molecular weight excluding hydrogens is 327 g/mol. The van der Waals surface area contributed by atoms with Crippen LogP contribution in [0.2, 0.25) is 5.31 Å². The molecule has 0 aromatic heterocycles. The van der Waals surface area contributed by atoms with Gasteiger partial charge >= 0.3 is 0 Å². The molecule has 0 aliphatic rings. The van der Waals surface area contributed by atoms with Crippen molar-refractivity contribution in [3.8, 4) is 0 Å². The van der Waals surface area contributed by atoms with Crippen molar-refractivity contribution >= 4 is 22.6 Å². The lowest BCUT2D eigenvalue weighted by atomic mass is 9.51. The van der Waals surface area contributed by atoms with E-state index in [2.05, 4.69) is 48.8 Å². The highest BCUT2D eigenvalue weighted by Crippen LogP contribution is 2.29. The Labute approximate surface area is 153 Å². The summed E-state index contributed by atoms with van der Waals surface area (Å²) in [5.41, 5.74) is 2.24. The molecule has 0 heterocycles. The summed E-state index contributed by atoms with van der Waals surface area (Å²) < 4.78 is 25.7. The smallest absolute Gasteiger partial charge is 0.206 e. The maximum atomic E-state index is 12.9. The Morgan fingerprint density at radius 3 is 1.64 bits per heavy atom. The highest BCUT2D eigenvalue weighted by Gasteiger charge is 2.21. The molecule has 2 aromatic rings. The molecule has 0 N–H and O–H groups in total. The van der Waals surface area contributed by atoms with Crippen LogP contribution in [0.25, 0.3) is 0 Å². The van der Waals surface area contributed by atoms with Crippen molar-refractivity contribution < 1.29 is 8.42 Å². The lowest BCUT2D eigenvalue weighted by molar-refractivity contribution is 0.506. The lowest BCUT2D eigenvalue weighted by Crippen LogP contribution is -2.23. The summed E-state index contributed by atoms with van der Waals surface area (Å²) in [7, 11) is -1.35. The average molecular weight is 355 g/mol. The maximum Gasteiger partial charge on any atom is 0.206 e. The summed E-state index contributed by atoms with van der Waals surface area (Å²) in [6.07, 6.45) is 1.00. The van der Waals surface area contributed by atoms with E-state index in [0.29, 0.717) is 9.79 Å². The Morgan fingerprint density at radius 2 is 1.24 bits per heavy atom. The van der Waals surface area contributed by atoms with E-state index in [1.165, 1.54) is 0 Å². The van der Waals surface area contributed by atoms with E-state index >= 15 is 0 Å². The van der Waals surface area contributed by atoms with E-state index in [1.54, 1.807) is 24.3 Å². The third kappa shape index (κ3) is 4.75. The van der Waals surface area contributed by atoms with Gasteiger partial charge in [-0.05, 0) is 41.7 Å². The molecule has 0 unspecified atom stereocenters. The second kappa shape index (κ2) is 6.99. The first-order chi connectivity index (χ1) is 11.5. The van der Waals surface area contributed by atoms with Crippen molar-refractivity contribution in [3.63, 3.8) is 0 Å². The highest BCUT2D eigenvalue weighted by atomic mass is 32.2. The van der Waals surface area contributed by atoms with Crippen molar-refractivity contribution in [2.75, 3.05) is 0 Å². The zero-order valence-electron chi connectivity index (χ0n) is 16.1. The number of sulfone groups is 1. The van der Waals surface area contributed by atoms with Gasteiger partial charge in [0.15, 0.2) is 7.28 Å². The number of hydrogen-bond acceptors (Lipinski definition) is 2. The van der Waals surface area contributed by atoms with Crippen LogP contribution in [0, 0.1) is 0 Å². The van der Waals surface area contributed by atoms with Gasteiger partial charge in [0.1, 0.15) is 0 Å². The monoisotopic (exact) mass is 355 g/mol. The van der Waals surface area contributed by atoms with Gasteiger partial charge in [-0.2, -0.15) is 0 Å². The molecule has 4 heteroatoms. The van der Waals surface area contributed by atoms with E-state index in [-0.39, 0.29) is 10.7 Å². The Bertz CT molecular complexity index is 812. The molecule has 2 nitrogen and oxygen atoms in total. The van der Waals surface area contributed by atoms with E-state index in [1.807, 2.05) is 24.3 Å². The van der Waals surface area contributed by atoms with Gasteiger partial charge in [0.25, 0.3) is 0 Å². The van der Waals surface area contributed by atoms with Crippen LogP contribution in [-0.4, -0.2) is 15.7 Å². The molecule has 0 amide bonds.